The lowest BCUT2D eigenvalue weighted by Crippen LogP contribution is -2.39. The molecule has 1 aliphatic rings. The molecule has 0 spiro atoms. The van der Waals surface area contributed by atoms with Gasteiger partial charge in [-0.05, 0) is 49.7 Å². The molecule has 13 heteroatoms. The first-order chi connectivity index (χ1) is 19.6. The molecular formula is C28H31F3N8O2. The summed E-state index contributed by atoms with van der Waals surface area (Å²) in [6, 6.07) is 8.75. The molecule has 41 heavy (non-hydrogen) atoms. The molecule has 10 nitrogen and oxygen atoms in total. The normalized spacial score (nSPS) is 14.3. The van der Waals surface area contributed by atoms with Crippen molar-refractivity contribution in [2.24, 2.45) is 7.05 Å². The molecule has 0 radical (unpaired) electrons. The van der Waals surface area contributed by atoms with Gasteiger partial charge in [0, 0.05) is 61.4 Å². The molecule has 1 amide bonds. The highest BCUT2D eigenvalue weighted by molar-refractivity contribution is 6.04. The lowest BCUT2D eigenvalue weighted by Gasteiger charge is -2.27. The second kappa shape index (κ2) is 11.7. The van der Waals surface area contributed by atoms with Crippen LogP contribution in [0.15, 0.2) is 48.8 Å². The van der Waals surface area contributed by atoms with Gasteiger partial charge in [0.2, 0.25) is 0 Å². The maximum absolute atomic E-state index is 13.9. The van der Waals surface area contributed by atoms with E-state index in [1.807, 2.05) is 20.9 Å². The minimum atomic E-state index is -4.60. The first-order valence-electron chi connectivity index (χ1n) is 13.2. The predicted molar refractivity (Wildman–Crippen MR) is 148 cm³/mol. The van der Waals surface area contributed by atoms with Gasteiger partial charge in [0.1, 0.15) is 5.69 Å². The van der Waals surface area contributed by atoms with Crippen molar-refractivity contribution in [3.05, 3.63) is 71.2 Å². The van der Waals surface area contributed by atoms with E-state index >= 15 is 0 Å². The first kappa shape index (κ1) is 28.3. The van der Waals surface area contributed by atoms with Crippen LogP contribution >= 0.6 is 0 Å². The fourth-order valence-electron chi connectivity index (χ4n) is 4.64. The number of amides is 1. The number of ether oxygens (including phenoxy) is 1. The Bertz CT molecular complexity index is 1540. The summed E-state index contributed by atoms with van der Waals surface area (Å²) in [5.41, 5.74) is 3.28. The Labute approximate surface area is 235 Å². The number of halogens is 3. The van der Waals surface area contributed by atoms with E-state index in [-0.39, 0.29) is 16.9 Å². The summed E-state index contributed by atoms with van der Waals surface area (Å²) in [4.78, 5) is 15.2. The molecule has 5 rings (SSSR count). The molecule has 0 saturated carbocycles. The molecule has 3 heterocycles. The molecular weight excluding hydrogens is 537 g/mol. The van der Waals surface area contributed by atoms with E-state index < -0.39 is 17.6 Å². The molecule has 0 atom stereocenters. The standard InChI is InChI=1S/C28H31F3N8O2/c1-18-4-5-20(14-26(18)39-17-25(35-36-39)22-16-33-37(3)19(22)2)27(40)34-21-6-7-24(23(15-21)28(29,30)31)32-8-9-38-10-12-41-13-11-38/h4-7,14-17,32H,8-13H2,1-3H3,(H,34,40). The number of carbonyl (C=O) groups is 1. The second-order valence-corrected chi connectivity index (χ2v) is 9.91. The van der Waals surface area contributed by atoms with Crippen molar-refractivity contribution in [2.75, 3.05) is 50.0 Å². The third-order valence-electron chi connectivity index (χ3n) is 7.15. The monoisotopic (exact) mass is 568 g/mol. The van der Waals surface area contributed by atoms with Crippen LogP contribution < -0.4 is 10.6 Å². The number of nitrogens with one attached hydrogen (secondary N) is 2. The molecule has 0 aliphatic carbocycles. The molecule has 216 valence electrons. The van der Waals surface area contributed by atoms with Crippen LogP contribution in [0.1, 0.15) is 27.2 Å². The topological polar surface area (TPSA) is 102 Å². The number of carbonyl (C=O) groups excluding carboxylic acids is 1. The van der Waals surface area contributed by atoms with Crippen LogP contribution in [0.3, 0.4) is 0 Å². The van der Waals surface area contributed by atoms with Crippen molar-refractivity contribution in [1.29, 1.82) is 0 Å². The Morgan fingerprint density at radius 1 is 1.10 bits per heavy atom. The minimum absolute atomic E-state index is 0.0350. The second-order valence-electron chi connectivity index (χ2n) is 9.91. The van der Waals surface area contributed by atoms with E-state index in [1.165, 1.54) is 12.1 Å². The van der Waals surface area contributed by atoms with Gasteiger partial charge in [-0.2, -0.15) is 18.3 Å². The average Bonchev–Trinajstić information content (AvgIpc) is 3.56. The molecule has 4 aromatic rings. The third kappa shape index (κ3) is 6.41. The maximum Gasteiger partial charge on any atom is 0.418 e. The van der Waals surface area contributed by atoms with Gasteiger partial charge in [-0.15, -0.1) is 5.10 Å². The lowest BCUT2D eigenvalue weighted by atomic mass is 10.1. The van der Waals surface area contributed by atoms with E-state index in [1.54, 1.807) is 40.0 Å². The van der Waals surface area contributed by atoms with Crippen LogP contribution in [0.4, 0.5) is 24.5 Å². The number of anilines is 2. The van der Waals surface area contributed by atoms with E-state index in [0.717, 1.165) is 36.0 Å². The van der Waals surface area contributed by atoms with Gasteiger partial charge in [-0.1, -0.05) is 11.3 Å². The van der Waals surface area contributed by atoms with Gasteiger partial charge in [0.05, 0.1) is 36.9 Å². The number of morpholine rings is 1. The molecule has 2 aromatic carbocycles. The summed E-state index contributed by atoms with van der Waals surface area (Å²) >= 11 is 0. The van der Waals surface area contributed by atoms with E-state index in [2.05, 4.69) is 30.9 Å². The molecule has 1 aliphatic heterocycles. The Morgan fingerprint density at radius 2 is 1.88 bits per heavy atom. The number of hydrogen-bond donors (Lipinski definition) is 2. The Kier molecular flexibility index (Phi) is 8.08. The molecule has 0 unspecified atom stereocenters. The van der Waals surface area contributed by atoms with Crippen molar-refractivity contribution < 1.29 is 22.7 Å². The zero-order chi connectivity index (χ0) is 29.1. The van der Waals surface area contributed by atoms with Crippen LogP contribution in [0.2, 0.25) is 0 Å². The molecule has 1 saturated heterocycles. The highest BCUT2D eigenvalue weighted by atomic mass is 19.4. The smallest absolute Gasteiger partial charge is 0.383 e. The first-order valence-corrected chi connectivity index (χ1v) is 13.2. The molecule has 2 aromatic heterocycles. The van der Waals surface area contributed by atoms with Crippen LogP contribution in [0, 0.1) is 13.8 Å². The van der Waals surface area contributed by atoms with Gasteiger partial charge in [0.15, 0.2) is 0 Å². The number of alkyl halides is 3. The van der Waals surface area contributed by atoms with E-state index in [4.69, 9.17) is 4.74 Å². The fourth-order valence-corrected chi connectivity index (χ4v) is 4.64. The van der Waals surface area contributed by atoms with Crippen LogP contribution in [0.25, 0.3) is 16.9 Å². The quantitative estimate of drug-likeness (QED) is 0.327. The Balaban J connectivity index is 1.31. The van der Waals surface area contributed by atoms with Crippen molar-refractivity contribution in [3.63, 3.8) is 0 Å². The van der Waals surface area contributed by atoms with Crippen LogP contribution in [0.5, 0.6) is 0 Å². The Hall–Kier alpha value is -4.23. The predicted octanol–water partition coefficient (Wildman–Crippen LogP) is 4.30. The van der Waals surface area contributed by atoms with Gasteiger partial charge < -0.3 is 15.4 Å². The molecule has 2 N–H and O–H groups in total. The maximum atomic E-state index is 13.9. The number of aryl methyl sites for hydroxylation is 2. The van der Waals surface area contributed by atoms with Gasteiger partial charge in [0.25, 0.3) is 5.91 Å². The highest BCUT2D eigenvalue weighted by Gasteiger charge is 2.34. The van der Waals surface area contributed by atoms with Crippen LogP contribution in [-0.2, 0) is 18.0 Å². The van der Waals surface area contributed by atoms with Crippen molar-refractivity contribution in [3.8, 4) is 16.9 Å². The fraction of sp³-hybridized carbons (Fsp3) is 0.357. The number of hydrogen-bond acceptors (Lipinski definition) is 7. The largest absolute Gasteiger partial charge is 0.418 e. The summed E-state index contributed by atoms with van der Waals surface area (Å²) in [5.74, 6) is -0.546. The lowest BCUT2D eigenvalue weighted by molar-refractivity contribution is -0.136. The number of nitrogens with zero attached hydrogens (tertiary/aromatic N) is 6. The zero-order valence-electron chi connectivity index (χ0n) is 23.0. The number of rotatable bonds is 8. The number of benzene rings is 2. The summed E-state index contributed by atoms with van der Waals surface area (Å²) in [6.07, 6.45) is -1.15. The van der Waals surface area contributed by atoms with E-state index in [9.17, 15) is 18.0 Å². The van der Waals surface area contributed by atoms with Crippen molar-refractivity contribution in [2.45, 2.75) is 20.0 Å². The number of aromatic nitrogens is 5. The summed E-state index contributed by atoms with van der Waals surface area (Å²) < 4.78 is 50.3. The van der Waals surface area contributed by atoms with Gasteiger partial charge in [-0.25, -0.2) is 4.68 Å². The van der Waals surface area contributed by atoms with Crippen molar-refractivity contribution >= 4 is 17.3 Å². The van der Waals surface area contributed by atoms with Crippen molar-refractivity contribution in [1.82, 2.24) is 29.7 Å². The summed E-state index contributed by atoms with van der Waals surface area (Å²) in [5, 5.41) is 18.2. The highest BCUT2D eigenvalue weighted by Crippen LogP contribution is 2.36. The van der Waals surface area contributed by atoms with Crippen LogP contribution in [-0.4, -0.2) is 75.0 Å². The average molecular weight is 569 g/mol. The molecule has 0 bridgehead atoms. The van der Waals surface area contributed by atoms with Gasteiger partial charge >= 0.3 is 6.18 Å². The van der Waals surface area contributed by atoms with E-state index in [0.29, 0.717) is 37.7 Å². The summed E-state index contributed by atoms with van der Waals surface area (Å²) in [6.45, 7) is 7.49. The van der Waals surface area contributed by atoms with Gasteiger partial charge in [-0.3, -0.25) is 14.4 Å². The summed E-state index contributed by atoms with van der Waals surface area (Å²) in [7, 11) is 1.84. The SMILES string of the molecule is Cc1ccc(C(=O)Nc2ccc(NCCN3CCOCC3)c(C(F)(F)F)c2)cc1-n1cc(-c2cnn(C)c2C)nn1. The third-order valence-corrected chi connectivity index (χ3v) is 7.15. The molecule has 1 fully saturated rings. The Morgan fingerprint density at radius 3 is 2.59 bits per heavy atom. The zero-order valence-corrected chi connectivity index (χ0v) is 23.0. The minimum Gasteiger partial charge on any atom is -0.383 e.